The molecule has 2 rings (SSSR count). The molecular formula is C16H22FN3. The van der Waals surface area contributed by atoms with Crippen molar-refractivity contribution in [2.45, 2.75) is 38.8 Å². The highest BCUT2D eigenvalue weighted by Gasteiger charge is 2.21. The van der Waals surface area contributed by atoms with Gasteiger partial charge in [-0.2, -0.15) is 5.26 Å². The van der Waals surface area contributed by atoms with Gasteiger partial charge < -0.3 is 5.32 Å². The van der Waals surface area contributed by atoms with E-state index in [9.17, 15) is 4.39 Å². The summed E-state index contributed by atoms with van der Waals surface area (Å²) in [5.74, 6) is -0.209. The number of hydrogen-bond donors (Lipinski definition) is 1. The van der Waals surface area contributed by atoms with E-state index in [1.165, 1.54) is 12.1 Å². The second kappa shape index (κ2) is 7.37. The fraction of sp³-hybridized carbons (Fsp3) is 0.562. The minimum atomic E-state index is -0.209. The lowest BCUT2D eigenvalue weighted by Gasteiger charge is -2.34. The smallest absolute Gasteiger partial charge is 0.127 e. The van der Waals surface area contributed by atoms with Gasteiger partial charge in [-0.1, -0.05) is 6.92 Å². The predicted octanol–water partition coefficient (Wildman–Crippen LogP) is 2.66. The molecular weight excluding hydrogens is 253 g/mol. The van der Waals surface area contributed by atoms with Gasteiger partial charge in [-0.3, -0.25) is 4.90 Å². The first kappa shape index (κ1) is 15.0. The molecule has 0 aliphatic carbocycles. The van der Waals surface area contributed by atoms with E-state index >= 15 is 0 Å². The van der Waals surface area contributed by atoms with Crippen molar-refractivity contribution in [1.82, 2.24) is 10.2 Å². The van der Waals surface area contributed by atoms with E-state index in [2.05, 4.69) is 23.2 Å². The van der Waals surface area contributed by atoms with Crippen molar-refractivity contribution in [1.29, 1.82) is 5.26 Å². The summed E-state index contributed by atoms with van der Waals surface area (Å²) in [7, 11) is 0. The molecule has 1 heterocycles. The van der Waals surface area contributed by atoms with Gasteiger partial charge >= 0.3 is 0 Å². The van der Waals surface area contributed by atoms with Gasteiger partial charge in [0.2, 0.25) is 0 Å². The Morgan fingerprint density at radius 2 is 2.15 bits per heavy atom. The Hall–Kier alpha value is -1.44. The summed E-state index contributed by atoms with van der Waals surface area (Å²) in [6, 6.07) is 7.22. The van der Waals surface area contributed by atoms with Crippen LogP contribution in [0.2, 0.25) is 0 Å². The summed E-state index contributed by atoms with van der Waals surface area (Å²) < 4.78 is 13.9. The van der Waals surface area contributed by atoms with Crippen LogP contribution in [-0.2, 0) is 6.54 Å². The number of halogens is 1. The monoisotopic (exact) mass is 275 g/mol. The van der Waals surface area contributed by atoms with E-state index in [0.29, 0.717) is 23.7 Å². The van der Waals surface area contributed by atoms with E-state index in [1.54, 1.807) is 6.07 Å². The van der Waals surface area contributed by atoms with Crippen molar-refractivity contribution in [2.75, 3.05) is 19.6 Å². The van der Waals surface area contributed by atoms with Crippen LogP contribution in [0.25, 0.3) is 0 Å². The lowest BCUT2D eigenvalue weighted by molar-refractivity contribution is 0.152. The number of hydrogen-bond acceptors (Lipinski definition) is 3. The van der Waals surface area contributed by atoms with Crippen molar-refractivity contribution >= 4 is 0 Å². The molecule has 0 atom stereocenters. The number of nitriles is 1. The molecule has 108 valence electrons. The lowest BCUT2D eigenvalue weighted by atomic mass is 10.0. The van der Waals surface area contributed by atoms with E-state index in [-0.39, 0.29) is 5.82 Å². The normalized spacial score (nSPS) is 16.3. The summed E-state index contributed by atoms with van der Waals surface area (Å²) in [5.41, 5.74) is 1.17. The van der Waals surface area contributed by atoms with E-state index in [4.69, 9.17) is 5.26 Å². The minimum absolute atomic E-state index is 0.209. The van der Waals surface area contributed by atoms with Crippen molar-refractivity contribution in [3.05, 3.63) is 35.1 Å². The second-order valence-electron chi connectivity index (χ2n) is 5.37. The Morgan fingerprint density at radius 3 is 2.80 bits per heavy atom. The molecule has 3 nitrogen and oxygen atoms in total. The molecule has 20 heavy (non-hydrogen) atoms. The zero-order valence-corrected chi connectivity index (χ0v) is 12.0. The predicted molar refractivity (Wildman–Crippen MR) is 77.7 cm³/mol. The standard InChI is InChI=1S/C16H22FN3/c1-2-9-20(15-5-7-19-8-6-15)12-14-10-13(11-18)3-4-16(14)17/h3-4,10,15,19H,2,5-9,12H2,1H3. The number of benzene rings is 1. The molecule has 0 amide bonds. The van der Waals surface area contributed by atoms with Crippen LogP contribution in [0.15, 0.2) is 18.2 Å². The van der Waals surface area contributed by atoms with Gasteiger partial charge in [-0.05, 0) is 57.1 Å². The van der Waals surface area contributed by atoms with Crippen LogP contribution in [0.5, 0.6) is 0 Å². The highest BCUT2D eigenvalue weighted by Crippen LogP contribution is 2.18. The van der Waals surface area contributed by atoms with Crippen LogP contribution in [0, 0.1) is 17.1 Å². The molecule has 4 heteroatoms. The van der Waals surface area contributed by atoms with Crippen LogP contribution in [0.1, 0.15) is 37.3 Å². The molecule has 0 saturated carbocycles. The number of nitrogens with zero attached hydrogens (tertiary/aromatic N) is 2. The third-order valence-electron chi connectivity index (χ3n) is 3.88. The maximum atomic E-state index is 13.9. The fourth-order valence-electron chi connectivity index (χ4n) is 2.83. The molecule has 1 aliphatic rings. The van der Waals surface area contributed by atoms with E-state index in [1.807, 2.05) is 0 Å². The third kappa shape index (κ3) is 3.78. The first-order chi connectivity index (χ1) is 9.74. The van der Waals surface area contributed by atoms with Crippen molar-refractivity contribution in [3.63, 3.8) is 0 Å². The van der Waals surface area contributed by atoms with Gasteiger partial charge in [0.25, 0.3) is 0 Å². The number of rotatable bonds is 5. The topological polar surface area (TPSA) is 39.1 Å². The van der Waals surface area contributed by atoms with Crippen LogP contribution < -0.4 is 5.32 Å². The first-order valence-electron chi connectivity index (χ1n) is 7.38. The molecule has 1 aromatic carbocycles. The van der Waals surface area contributed by atoms with Gasteiger partial charge in [0.1, 0.15) is 5.82 Å². The lowest BCUT2D eigenvalue weighted by Crippen LogP contribution is -2.43. The quantitative estimate of drug-likeness (QED) is 0.898. The summed E-state index contributed by atoms with van der Waals surface area (Å²) in [6.45, 7) is 5.79. The van der Waals surface area contributed by atoms with E-state index < -0.39 is 0 Å². The van der Waals surface area contributed by atoms with Crippen molar-refractivity contribution in [3.8, 4) is 6.07 Å². The molecule has 1 N–H and O–H groups in total. The Morgan fingerprint density at radius 1 is 1.40 bits per heavy atom. The van der Waals surface area contributed by atoms with Gasteiger partial charge in [0, 0.05) is 18.2 Å². The second-order valence-corrected chi connectivity index (χ2v) is 5.37. The Kier molecular flexibility index (Phi) is 5.51. The third-order valence-corrected chi connectivity index (χ3v) is 3.88. The molecule has 1 aromatic rings. The number of piperidine rings is 1. The summed E-state index contributed by atoms with van der Waals surface area (Å²) in [5, 5.41) is 12.3. The zero-order valence-electron chi connectivity index (χ0n) is 12.0. The van der Waals surface area contributed by atoms with Gasteiger partial charge in [0.05, 0.1) is 11.6 Å². The molecule has 0 radical (unpaired) electrons. The molecule has 1 fully saturated rings. The zero-order chi connectivity index (χ0) is 14.4. The van der Waals surface area contributed by atoms with E-state index in [0.717, 1.165) is 38.9 Å². The highest BCUT2D eigenvalue weighted by molar-refractivity contribution is 5.33. The summed E-state index contributed by atoms with van der Waals surface area (Å²) in [4.78, 5) is 2.36. The highest BCUT2D eigenvalue weighted by atomic mass is 19.1. The van der Waals surface area contributed by atoms with Gasteiger partial charge in [-0.25, -0.2) is 4.39 Å². The summed E-state index contributed by atoms with van der Waals surface area (Å²) >= 11 is 0. The Bertz CT molecular complexity index is 475. The maximum absolute atomic E-state index is 13.9. The molecule has 0 spiro atoms. The van der Waals surface area contributed by atoms with Gasteiger partial charge in [0.15, 0.2) is 0 Å². The number of nitrogens with one attached hydrogen (secondary N) is 1. The van der Waals surface area contributed by atoms with Gasteiger partial charge in [-0.15, -0.1) is 0 Å². The van der Waals surface area contributed by atoms with Crippen LogP contribution in [0.4, 0.5) is 4.39 Å². The van der Waals surface area contributed by atoms with Crippen LogP contribution >= 0.6 is 0 Å². The minimum Gasteiger partial charge on any atom is -0.317 e. The largest absolute Gasteiger partial charge is 0.317 e. The SMILES string of the molecule is CCCN(Cc1cc(C#N)ccc1F)C1CCNCC1. The van der Waals surface area contributed by atoms with Crippen molar-refractivity contribution < 1.29 is 4.39 Å². The Labute approximate surface area is 120 Å². The molecule has 1 saturated heterocycles. The average molecular weight is 275 g/mol. The molecule has 0 aromatic heterocycles. The molecule has 1 aliphatic heterocycles. The Balaban J connectivity index is 2.12. The molecule has 0 bridgehead atoms. The maximum Gasteiger partial charge on any atom is 0.127 e. The van der Waals surface area contributed by atoms with Crippen molar-refractivity contribution in [2.24, 2.45) is 0 Å². The average Bonchev–Trinajstić information content (AvgIpc) is 2.49. The first-order valence-corrected chi connectivity index (χ1v) is 7.38. The van der Waals surface area contributed by atoms with Crippen LogP contribution in [-0.4, -0.2) is 30.6 Å². The van der Waals surface area contributed by atoms with Crippen LogP contribution in [0.3, 0.4) is 0 Å². The molecule has 0 unspecified atom stereocenters. The fourth-order valence-corrected chi connectivity index (χ4v) is 2.83. The summed E-state index contributed by atoms with van der Waals surface area (Å²) in [6.07, 6.45) is 3.28.